The third-order valence-electron chi connectivity index (χ3n) is 9.03. The first-order valence-electron chi connectivity index (χ1n) is 15.8. The van der Waals surface area contributed by atoms with Gasteiger partial charge in [0.2, 0.25) is 23.0 Å². The Morgan fingerprint density at radius 2 is 0.717 bits per heavy atom. The second-order valence-corrected chi connectivity index (χ2v) is 11.7. The number of benzene rings is 2. The molecule has 1 aliphatic heterocycles. The van der Waals surface area contributed by atoms with E-state index in [1.807, 2.05) is 13.8 Å². The number of methoxy groups -OCH3 is 8. The molecule has 3 rings (SSSR count). The van der Waals surface area contributed by atoms with Crippen LogP contribution >= 0.6 is 0 Å². The van der Waals surface area contributed by atoms with E-state index < -0.39 is 0 Å². The zero-order valence-electron chi connectivity index (χ0n) is 29.5. The lowest BCUT2D eigenvalue weighted by molar-refractivity contribution is 0.126. The van der Waals surface area contributed by atoms with Gasteiger partial charge in [-0.2, -0.15) is 0 Å². The highest BCUT2D eigenvalue weighted by atomic mass is 16.6. The van der Waals surface area contributed by atoms with Crippen LogP contribution in [-0.4, -0.2) is 118 Å². The summed E-state index contributed by atoms with van der Waals surface area (Å²) in [5.74, 6) is 4.62. The van der Waals surface area contributed by atoms with Crippen LogP contribution in [0.2, 0.25) is 0 Å². The molecule has 12 nitrogen and oxygen atoms in total. The van der Waals surface area contributed by atoms with E-state index in [-0.39, 0.29) is 12.1 Å². The molecule has 1 saturated heterocycles. The molecular weight excluding hydrogens is 592 g/mol. The molecule has 1 aliphatic rings. The van der Waals surface area contributed by atoms with Gasteiger partial charge in [-0.25, -0.2) is 0 Å². The minimum atomic E-state index is -0.0536. The first-order chi connectivity index (χ1) is 22.1. The summed E-state index contributed by atoms with van der Waals surface area (Å²) in [5, 5.41) is 0. The molecule has 260 valence electrons. The van der Waals surface area contributed by atoms with Crippen LogP contribution in [0.15, 0.2) is 0 Å². The summed E-state index contributed by atoms with van der Waals surface area (Å²) in [7, 11) is 12.9. The van der Waals surface area contributed by atoms with Crippen LogP contribution < -0.4 is 49.4 Å². The van der Waals surface area contributed by atoms with Crippen molar-refractivity contribution in [2.75, 3.05) is 96.1 Å². The van der Waals surface area contributed by atoms with Crippen LogP contribution in [0.3, 0.4) is 0 Å². The number of nitrogens with zero attached hydrogens (tertiary/aromatic N) is 2. The van der Waals surface area contributed by atoms with E-state index in [2.05, 4.69) is 9.80 Å². The average Bonchev–Trinajstić information content (AvgIpc) is 3.07. The summed E-state index contributed by atoms with van der Waals surface area (Å²) in [6, 6.07) is -0.107. The number of hydrogen-bond donors (Lipinski definition) is 2. The molecule has 12 heteroatoms. The van der Waals surface area contributed by atoms with Gasteiger partial charge in [0.15, 0.2) is 23.0 Å². The first kappa shape index (κ1) is 37.1. The fourth-order valence-electron chi connectivity index (χ4n) is 6.46. The number of ether oxygens (including phenoxy) is 8. The van der Waals surface area contributed by atoms with Crippen molar-refractivity contribution < 1.29 is 37.9 Å². The van der Waals surface area contributed by atoms with Crippen molar-refractivity contribution in [2.24, 2.45) is 11.5 Å². The van der Waals surface area contributed by atoms with Crippen LogP contribution in [0.1, 0.15) is 35.1 Å². The lowest BCUT2D eigenvalue weighted by Crippen LogP contribution is -2.48. The summed E-state index contributed by atoms with van der Waals surface area (Å²) >= 11 is 0. The molecule has 2 unspecified atom stereocenters. The molecule has 0 aliphatic carbocycles. The summed E-state index contributed by atoms with van der Waals surface area (Å²) in [6.07, 6.45) is 3.00. The van der Waals surface area contributed by atoms with Crippen molar-refractivity contribution in [1.82, 2.24) is 9.80 Å². The third kappa shape index (κ3) is 8.14. The largest absolute Gasteiger partial charge is 0.492 e. The molecule has 0 saturated carbocycles. The molecule has 0 spiro atoms. The second kappa shape index (κ2) is 17.6. The van der Waals surface area contributed by atoms with Gasteiger partial charge in [0, 0.05) is 60.5 Å². The highest BCUT2D eigenvalue weighted by molar-refractivity contribution is 5.68. The standard InChI is InChI=1S/C34H56N4O8/c1-21-25(29(41-5)33(45-9)31(43-7)27(21)39-3)19-23(35)11-13-37-15-17-38(18-16-37)14-12-24(36)20-26-22(2)28(40-4)32(44-8)34(46-10)30(26)42-6/h23-24H,11-20,35-36H2,1-10H3. The molecular formula is C34H56N4O8. The Hall–Kier alpha value is -3.32. The van der Waals surface area contributed by atoms with E-state index in [1.54, 1.807) is 56.9 Å². The molecule has 2 aromatic carbocycles. The normalized spacial score (nSPS) is 15.2. The lowest BCUT2D eigenvalue weighted by Gasteiger charge is -2.35. The van der Waals surface area contributed by atoms with Crippen LogP contribution in [0.5, 0.6) is 46.0 Å². The van der Waals surface area contributed by atoms with Crippen LogP contribution in [-0.2, 0) is 12.8 Å². The maximum absolute atomic E-state index is 6.67. The second-order valence-electron chi connectivity index (χ2n) is 11.7. The summed E-state index contributed by atoms with van der Waals surface area (Å²) in [5.41, 5.74) is 17.2. The Labute approximate surface area is 275 Å². The maximum Gasteiger partial charge on any atom is 0.207 e. The van der Waals surface area contributed by atoms with Gasteiger partial charge in [0.05, 0.1) is 56.9 Å². The quantitative estimate of drug-likeness (QED) is 0.246. The minimum Gasteiger partial charge on any atom is -0.492 e. The van der Waals surface area contributed by atoms with Gasteiger partial charge < -0.3 is 59.2 Å². The Kier molecular flexibility index (Phi) is 14.2. The van der Waals surface area contributed by atoms with E-state index >= 15 is 0 Å². The van der Waals surface area contributed by atoms with Crippen LogP contribution in [0.4, 0.5) is 0 Å². The van der Waals surface area contributed by atoms with E-state index in [4.69, 9.17) is 49.4 Å². The van der Waals surface area contributed by atoms with E-state index in [0.29, 0.717) is 58.8 Å². The fraction of sp³-hybridized carbons (Fsp3) is 0.647. The fourth-order valence-corrected chi connectivity index (χ4v) is 6.46. The Morgan fingerprint density at radius 1 is 0.457 bits per heavy atom. The first-order valence-corrected chi connectivity index (χ1v) is 15.8. The number of nitrogens with two attached hydrogens (primary N) is 2. The van der Waals surface area contributed by atoms with Gasteiger partial charge in [-0.3, -0.25) is 0 Å². The number of piperazine rings is 1. The van der Waals surface area contributed by atoms with Crippen molar-refractivity contribution in [3.63, 3.8) is 0 Å². The molecule has 0 amide bonds. The van der Waals surface area contributed by atoms with Gasteiger partial charge in [-0.05, 0) is 52.6 Å². The van der Waals surface area contributed by atoms with Gasteiger partial charge in [0.25, 0.3) is 0 Å². The lowest BCUT2D eigenvalue weighted by atomic mass is 9.96. The topological polar surface area (TPSA) is 132 Å². The van der Waals surface area contributed by atoms with Gasteiger partial charge in [-0.1, -0.05) is 0 Å². The zero-order valence-corrected chi connectivity index (χ0v) is 29.5. The van der Waals surface area contributed by atoms with Gasteiger partial charge >= 0.3 is 0 Å². The summed E-state index contributed by atoms with van der Waals surface area (Å²) in [4.78, 5) is 4.97. The van der Waals surface area contributed by atoms with Crippen molar-refractivity contribution in [3.8, 4) is 46.0 Å². The summed E-state index contributed by atoms with van der Waals surface area (Å²) in [6.45, 7) is 9.84. The molecule has 0 radical (unpaired) electrons. The Morgan fingerprint density at radius 3 is 0.978 bits per heavy atom. The third-order valence-corrected chi connectivity index (χ3v) is 9.03. The number of rotatable bonds is 18. The molecule has 1 heterocycles. The predicted octanol–water partition coefficient (Wildman–Crippen LogP) is 3.21. The van der Waals surface area contributed by atoms with Crippen LogP contribution in [0.25, 0.3) is 0 Å². The molecule has 1 fully saturated rings. The minimum absolute atomic E-state index is 0.0536. The van der Waals surface area contributed by atoms with Crippen molar-refractivity contribution in [1.29, 1.82) is 0 Å². The Bertz CT molecular complexity index is 1190. The smallest absolute Gasteiger partial charge is 0.207 e. The molecule has 0 bridgehead atoms. The zero-order chi connectivity index (χ0) is 34.0. The maximum atomic E-state index is 6.67. The monoisotopic (exact) mass is 648 g/mol. The SMILES string of the molecule is COc1c(C)c(CC(N)CCN2CCN(CCC(N)Cc3c(C)c(OC)c(OC)c(OC)c3OC)CC2)c(OC)c(OC)c1OC. The van der Waals surface area contributed by atoms with E-state index in [9.17, 15) is 0 Å². The molecule has 4 N–H and O–H groups in total. The van der Waals surface area contributed by atoms with Gasteiger partial charge in [-0.15, -0.1) is 0 Å². The summed E-state index contributed by atoms with van der Waals surface area (Å²) < 4.78 is 45.3. The van der Waals surface area contributed by atoms with Gasteiger partial charge in [0.1, 0.15) is 0 Å². The van der Waals surface area contributed by atoms with E-state index in [0.717, 1.165) is 74.4 Å². The average molecular weight is 649 g/mol. The highest BCUT2D eigenvalue weighted by Crippen LogP contribution is 2.50. The molecule has 2 aromatic rings. The van der Waals surface area contributed by atoms with Crippen LogP contribution in [0, 0.1) is 13.8 Å². The molecule has 2 atom stereocenters. The Balaban J connectivity index is 1.53. The molecule has 46 heavy (non-hydrogen) atoms. The molecule has 0 aromatic heterocycles. The van der Waals surface area contributed by atoms with E-state index in [1.165, 1.54) is 0 Å². The number of hydrogen-bond acceptors (Lipinski definition) is 12. The highest BCUT2D eigenvalue weighted by Gasteiger charge is 2.28. The van der Waals surface area contributed by atoms with Crippen molar-refractivity contribution >= 4 is 0 Å². The van der Waals surface area contributed by atoms with Crippen molar-refractivity contribution in [2.45, 2.75) is 51.6 Å². The van der Waals surface area contributed by atoms with Crippen molar-refractivity contribution in [3.05, 3.63) is 22.3 Å². The predicted molar refractivity (Wildman–Crippen MR) is 180 cm³/mol.